The highest BCUT2D eigenvalue weighted by atomic mass is 32.2. The standard InChI is InChI=1S/C14H20N2O3S/c1-14(2,11-17)16(3)20(18,19)13-9-5-4-7-12(13)8-6-10-15/h4-5,7,9,17H,10-11,15H2,1-3H3. The first-order valence-corrected chi connectivity index (χ1v) is 7.59. The van der Waals surface area contributed by atoms with Gasteiger partial charge in [0.15, 0.2) is 0 Å². The number of nitrogens with zero attached hydrogens (tertiary/aromatic N) is 1. The second kappa shape index (κ2) is 6.37. The van der Waals surface area contributed by atoms with Gasteiger partial charge in [-0.2, -0.15) is 4.31 Å². The Hall–Kier alpha value is -1.39. The van der Waals surface area contributed by atoms with Crippen LogP contribution in [0.5, 0.6) is 0 Å². The van der Waals surface area contributed by atoms with Crippen molar-refractivity contribution in [1.29, 1.82) is 0 Å². The van der Waals surface area contributed by atoms with Crippen LogP contribution in [0.3, 0.4) is 0 Å². The van der Waals surface area contributed by atoms with Gasteiger partial charge in [-0.15, -0.1) is 0 Å². The van der Waals surface area contributed by atoms with E-state index in [1.54, 1.807) is 32.0 Å². The molecular formula is C14H20N2O3S. The number of sulfonamides is 1. The molecule has 0 heterocycles. The molecule has 3 N–H and O–H groups in total. The first-order valence-electron chi connectivity index (χ1n) is 6.15. The Morgan fingerprint density at radius 1 is 1.35 bits per heavy atom. The van der Waals surface area contributed by atoms with Gasteiger partial charge in [-0.05, 0) is 26.0 Å². The first kappa shape index (κ1) is 16.7. The minimum absolute atomic E-state index is 0.116. The predicted octanol–water partition coefficient (Wildman–Crippen LogP) is 0.388. The smallest absolute Gasteiger partial charge is 0.244 e. The van der Waals surface area contributed by atoms with E-state index in [4.69, 9.17) is 5.73 Å². The maximum Gasteiger partial charge on any atom is 0.244 e. The molecule has 0 aliphatic carbocycles. The molecule has 0 bridgehead atoms. The van der Waals surface area contributed by atoms with Gasteiger partial charge in [-0.25, -0.2) is 8.42 Å². The van der Waals surface area contributed by atoms with Crippen molar-refractivity contribution in [3.8, 4) is 11.8 Å². The zero-order valence-electron chi connectivity index (χ0n) is 11.9. The van der Waals surface area contributed by atoms with Crippen molar-refractivity contribution in [1.82, 2.24) is 4.31 Å². The number of likely N-dealkylation sites (N-methyl/N-ethyl adjacent to an activating group) is 1. The summed E-state index contributed by atoms with van der Waals surface area (Å²) in [6.07, 6.45) is 0. The Balaban J connectivity index is 3.37. The van der Waals surface area contributed by atoms with Crippen molar-refractivity contribution in [2.45, 2.75) is 24.3 Å². The third kappa shape index (κ3) is 3.38. The third-order valence-electron chi connectivity index (χ3n) is 3.09. The molecular weight excluding hydrogens is 276 g/mol. The summed E-state index contributed by atoms with van der Waals surface area (Å²) < 4.78 is 26.4. The maximum atomic E-state index is 12.6. The molecule has 0 aliphatic rings. The lowest BCUT2D eigenvalue weighted by atomic mass is 10.1. The number of hydrogen-bond acceptors (Lipinski definition) is 4. The van der Waals surface area contributed by atoms with Gasteiger partial charge in [-0.3, -0.25) is 0 Å². The van der Waals surface area contributed by atoms with Crippen LogP contribution in [-0.4, -0.2) is 43.6 Å². The van der Waals surface area contributed by atoms with Gasteiger partial charge >= 0.3 is 0 Å². The van der Waals surface area contributed by atoms with E-state index in [0.717, 1.165) is 4.31 Å². The molecule has 0 saturated heterocycles. The van der Waals surface area contributed by atoms with E-state index in [9.17, 15) is 13.5 Å². The highest BCUT2D eigenvalue weighted by Gasteiger charge is 2.34. The van der Waals surface area contributed by atoms with Crippen LogP contribution in [0.4, 0.5) is 0 Å². The Morgan fingerprint density at radius 2 is 1.95 bits per heavy atom. The lowest BCUT2D eigenvalue weighted by Gasteiger charge is -2.33. The fraction of sp³-hybridized carbons (Fsp3) is 0.429. The highest BCUT2D eigenvalue weighted by molar-refractivity contribution is 7.89. The molecule has 0 atom stereocenters. The van der Waals surface area contributed by atoms with Crippen molar-refractivity contribution < 1.29 is 13.5 Å². The molecule has 0 amide bonds. The van der Waals surface area contributed by atoms with Crippen LogP contribution in [0.25, 0.3) is 0 Å². The Labute approximate surface area is 120 Å². The second-order valence-electron chi connectivity index (χ2n) is 4.95. The summed E-state index contributed by atoms with van der Waals surface area (Å²) in [5.41, 5.74) is 4.83. The molecule has 20 heavy (non-hydrogen) atoms. The maximum absolute atomic E-state index is 12.6. The fourth-order valence-electron chi connectivity index (χ4n) is 1.51. The van der Waals surface area contributed by atoms with E-state index in [1.165, 1.54) is 13.1 Å². The number of aliphatic hydroxyl groups excluding tert-OH is 1. The van der Waals surface area contributed by atoms with Gasteiger partial charge in [0.1, 0.15) is 0 Å². The molecule has 110 valence electrons. The van der Waals surface area contributed by atoms with Gasteiger partial charge in [0, 0.05) is 12.6 Å². The van der Waals surface area contributed by atoms with Crippen LogP contribution in [0.2, 0.25) is 0 Å². The zero-order chi connectivity index (χ0) is 15.4. The van der Waals surface area contributed by atoms with Crippen LogP contribution in [0.15, 0.2) is 29.2 Å². The van der Waals surface area contributed by atoms with Gasteiger partial charge < -0.3 is 10.8 Å². The van der Waals surface area contributed by atoms with Crippen LogP contribution in [-0.2, 0) is 10.0 Å². The van der Waals surface area contributed by atoms with Gasteiger partial charge in [0.25, 0.3) is 0 Å². The molecule has 0 spiro atoms. The van der Waals surface area contributed by atoms with Crippen LogP contribution >= 0.6 is 0 Å². The number of benzene rings is 1. The van der Waals surface area contributed by atoms with Crippen molar-refractivity contribution >= 4 is 10.0 Å². The monoisotopic (exact) mass is 296 g/mol. The lowest BCUT2D eigenvalue weighted by molar-refractivity contribution is 0.138. The summed E-state index contributed by atoms with van der Waals surface area (Å²) >= 11 is 0. The van der Waals surface area contributed by atoms with E-state index < -0.39 is 15.6 Å². The molecule has 0 aliphatic heterocycles. The quantitative estimate of drug-likeness (QED) is 0.787. The van der Waals surface area contributed by atoms with Crippen molar-refractivity contribution in [2.75, 3.05) is 20.2 Å². The van der Waals surface area contributed by atoms with E-state index in [-0.39, 0.29) is 18.0 Å². The van der Waals surface area contributed by atoms with Crippen LogP contribution < -0.4 is 5.73 Å². The van der Waals surface area contributed by atoms with Gasteiger partial charge in [0.2, 0.25) is 10.0 Å². The average molecular weight is 296 g/mol. The molecule has 0 unspecified atom stereocenters. The second-order valence-corrected chi connectivity index (χ2v) is 6.88. The summed E-state index contributed by atoms with van der Waals surface area (Å²) in [5.74, 6) is 5.41. The van der Waals surface area contributed by atoms with Crippen molar-refractivity contribution in [3.63, 3.8) is 0 Å². The number of hydrogen-bond donors (Lipinski definition) is 2. The third-order valence-corrected chi connectivity index (χ3v) is 5.22. The van der Waals surface area contributed by atoms with Crippen LogP contribution in [0, 0.1) is 11.8 Å². The largest absolute Gasteiger partial charge is 0.394 e. The minimum atomic E-state index is -3.74. The molecule has 6 heteroatoms. The molecule has 0 radical (unpaired) electrons. The van der Waals surface area contributed by atoms with E-state index in [0.29, 0.717) is 5.56 Å². The fourth-order valence-corrected chi connectivity index (χ4v) is 3.16. The number of rotatable bonds is 4. The Kier molecular flexibility index (Phi) is 5.31. The Morgan fingerprint density at radius 3 is 2.50 bits per heavy atom. The summed E-state index contributed by atoms with van der Waals surface area (Å²) in [5, 5.41) is 9.33. The zero-order valence-corrected chi connectivity index (χ0v) is 12.7. The Bertz CT molecular complexity index is 627. The van der Waals surface area contributed by atoms with Gasteiger partial charge in [-0.1, -0.05) is 24.0 Å². The van der Waals surface area contributed by atoms with E-state index in [1.807, 2.05) is 0 Å². The molecule has 0 aromatic heterocycles. The average Bonchev–Trinajstić information content (AvgIpc) is 2.44. The van der Waals surface area contributed by atoms with Crippen LogP contribution in [0.1, 0.15) is 19.4 Å². The van der Waals surface area contributed by atoms with E-state index >= 15 is 0 Å². The summed E-state index contributed by atoms with van der Waals surface area (Å²) in [4.78, 5) is 0.116. The molecule has 1 aromatic carbocycles. The van der Waals surface area contributed by atoms with Crippen molar-refractivity contribution in [3.05, 3.63) is 29.8 Å². The highest BCUT2D eigenvalue weighted by Crippen LogP contribution is 2.24. The first-order chi connectivity index (χ1) is 9.27. The summed E-state index contributed by atoms with van der Waals surface area (Å²) in [7, 11) is -2.30. The summed E-state index contributed by atoms with van der Waals surface area (Å²) in [6, 6.07) is 6.49. The predicted molar refractivity (Wildman–Crippen MR) is 78.5 cm³/mol. The van der Waals surface area contributed by atoms with Gasteiger partial charge in [0.05, 0.1) is 23.6 Å². The number of nitrogens with two attached hydrogens (primary N) is 1. The lowest BCUT2D eigenvalue weighted by Crippen LogP contribution is -2.47. The van der Waals surface area contributed by atoms with Crippen molar-refractivity contribution in [2.24, 2.45) is 5.73 Å². The molecule has 0 fully saturated rings. The topological polar surface area (TPSA) is 83.6 Å². The minimum Gasteiger partial charge on any atom is -0.394 e. The SMILES string of the molecule is CN(C(C)(C)CO)S(=O)(=O)c1ccccc1C#CCN. The molecule has 1 aromatic rings. The van der Waals surface area contributed by atoms with E-state index in [2.05, 4.69) is 11.8 Å². The molecule has 0 saturated carbocycles. The number of aliphatic hydroxyl groups is 1. The normalized spacial score (nSPS) is 12.1. The molecule has 1 rings (SSSR count). The molecule has 5 nitrogen and oxygen atoms in total. The summed E-state index contributed by atoms with van der Waals surface area (Å²) in [6.45, 7) is 3.18.